The summed E-state index contributed by atoms with van der Waals surface area (Å²) in [5, 5.41) is 15.5. The van der Waals surface area contributed by atoms with E-state index in [1.54, 1.807) is 19.1 Å². The Morgan fingerprint density at radius 3 is 3.07 bits per heavy atom. The second-order valence-corrected chi connectivity index (χ2v) is 7.04. The Hall–Kier alpha value is -2.55. The molecule has 1 amide bonds. The Morgan fingerprint density at radius 2 is 2.41 bits per heavy atom. The maximum Gasteiger partial charge on any atom is 0.251 e. The predicted octanol–water partition coefficient (Wildman–Crippen LogP) is 2.26. The van der Waals surface area contributed by atoms with Crippen LogP contribution in [0.15, 0.2) is 39.7 Å². The number of aliphatic imine (C=N–C) groups is 1. The van der Waals surface area contributed by atoms with Crippen molar-refractivity contribution < 1.29 is 14.7 Å². The van der Waals surface area contributed by atoms with E-state index in [0.29, 0.717) is 34.4 Å². The van der Waals surface area contributed by atoms with Gasteiger partial charge in [0.15, 0.2) is 0 Å². The first-order valence-corrected chi connectivity index (χ1v) is 9.65. The van der Waals surface area contributed by atoms with Gasteiger partial charge in [0.25, 0.3) is 5.56 Å². The molecule has 0 fully saturated rings. The fourth-order valence-electron chi connectivity index (χ4n) is 2.58. The first-order chi connectivity index (χ1) is 13.0. The lowest BCUT2D eigenvalue weighted by Gasteiger charge is -2.20. The summed E-state index contributed by atoms with van der Waals surface area (Å²) >= 11 is 1.37. The van der Waals surface area contributed by atoms with E-state index in [9.17, 15) is 9.59 Å². The molecule has 2 rings (SSSR count). The molecule has 8 nitrogen and oxygen atoms in total. The summed E-state index contributed by atoms with van der Waals surface area (Å²) in [5.74, 6) is 0.668. The molecule has 0 radical (unpaired) electrons. The third-order valence-electron chi connectivity index (χ3n) is 3.89. The van der Waals surface area contributed by atoms with Crippen LogP contribution in [0.2, 0.25) is 0 Å². The fraction of sp³-hybridized carbons (Fsp3) is 0.444. The zero-order chi connectivity index (χ0) is 19.8. The van der Waals surface area contributed by atoms with Crippen LogP contribution in [0.5, 0.6) is 5.75 Å². The fourth-order valence-corrected chi connectivity index (χ4v) is 3.57. The van der Waals surface area contributed by atoms with Crippen LogP contribution in [0.3, 0.4) is 0 Å². The van der Waals surface area contributed by atoms with Gasteiger partial charge in [-0.2, -0.15) is 0 Å². The lowest BCUT2D eigenvalue weighted by molar-refractivity contribution is -0.122. The summed E-state index contributed by atoms with van der Waals surface area (Å²) in [6.45, 7) is 7.50. The largest absolute Gasteiger partial charge is 0.489 e. The minimum atomic E-state index is -0.562. The molecular formula is C18H24N4O4S. The van der Waals surface area contributed by atoms with Crippen molar-refractivity contribution in [1.82, 2.24) is 10.3 Å². The van der Waals surface area contributed by atoms with Crippen molar-refractivity contribution in [2.75, 3.05) is 12.4 Å². The van der Waals surface area contributed by atoms with Gasteiger partial charge in [-0.25, -0.2) is 0 Å². The highest BCUT2D eigenvalue weighted by Crippen LogP contribution is 2.23. The average Bonchev–Trinajstić information content (AvgIpc) is 3.15. The molecule has 0 saturated carbocycles. The van der Waals surface area contributed by atoms with Crippen LogP contribution in [-0.4, -0.2) is 45.3 Å². The van der Waals surface area contributed by atoms with Crippen molar-refractivity contribution in [1.29, 1.82) is 0 Å². The normalized spacial score (nSPS) is 17.9. The van der Waals surface area contributed by atoms with Gasteiger partial charge < -0.3 is 20.2 Å². The highest BCUT2D eigenvalue weighted by atomic mass is 32.2. The minimum Gasteiger partial charge on any atom is -0.489 e. The molecule has 1 aromatic rings. The van der Waals surface area contributed by atoms with E-state index < -0.39 is 6.04 Å². The van der Waals surface area contributed by atoms with Gasteiger partial charge in [0, 0.05) is 23.6 Å². The first kappa shape index (κ1) is 20.8. The third-order valence-corrected chi connectivity index (χ3v) is 5.05. The predicted molar refractivity (Wildman–Crippen MR) is 107 cm³/mol. The standard InChI is InChI=1S/C18H24N4O4S/c1-4-6-13(14-8-12(26-7-5-2)9-16(23)19-14)20-17(24)15-10-27-18(21-15)11(3)22-25/h5,8-9,13,15,25H,2,4,6-7,10H2,1,3H3,(H,19,23)(H,20,24)/b22-11+. The van der Waals surface area contributed by atoms with E-state index in [4.69, 9.17) is 9.94 Å². The maximum absolute atomic E-state index is 12.6. The van der Waals surface area contributed by atoms with Gasteiger partial charge in [-0.15, -0.1) is 11.8 Å². The molecule has 0 spiro atoms. The summed E-state index contributed by atoms with van der Waals surface area (Å²) in [6.07, 6.45) is 3.06. The summed E-state index contributed by atoms with van der Waals surface area (Å²) in [5.41, 5.74) is 0.671. The van der Waals surface area contributed by atoms with Gasteiger partial charge in [-0.3, -0.25) is 14.6 Å². The minimum absolute atomic E-state index is 0.236. The first-order valence-electron chi connectivity index (χ1n) is 8.66. The van der Waals surface area contributed by atoms with Crippen molar-refractivity contribution >= 4 is 28.4 Å². The van der Waals surface area contributed by atoms with Gasteiger partial charge in [0.05, 0.1) is 6.04 Å². The number of carbonyl (C=O) groups excluding carboxylic acids is 1. The number of ether oxygens (including phenoxy) is 1. The summed E-state index contributed by atoms with van der Waals surface area (Å²) < 4.78 is 5.45. The second kappa shape index (κ2) is 9.96. The lowest BCUT2D eigenvalue weighted by atomic mass is 10.1. The van der Waals surface area contributed by atoms with E-state index in [-0.39, 0.29) is 24.1 Å². The van der Waals surface area contributed by atoms with Crippen LogP contribution in [0.25, 0.3) is 0 Å². The number of nitrogens with one attached hydrogen (secondary N) is 2. The number of pyridine rings is 1. The highest BCUT2D eigenvalue weighted by Gasteiger charge is 2.28. The van der Waals surface area contributed by atoms with Crippen molar-refractivity contribution in [2.24, 2.45) is 10.1 Å². The Labute approximate surface area is 161 Å². The van der Waals surface area contributed by atoms with Crippen LogP contribution in [0.4, 0.5) is 0 Å². The van der Waals surface area contributed by atoms with Crippen LogP contribution < -0.4 is 15.6 Å². The van der Waals surface area contributed by atoms with E-state index in [2.05, 4.69) is 27.0 Å². The van der Waals surface area contributed by atoms with Gasteiger partial charge >= 0.3 is 0 Å². The van der Waals surface area contributed by atoms with Gasteiger partial charge in [0.2, 0.25) is 5.91 Å². The molecule has 2 unspecified atom stereocenters. The van der Waals surface area contributed by atoms with Crippen molar-refractivity contribution in [2.45, 2.75) is 38.8 Å². The number of hydrogen-bond donors (Lipinski definition) is 3. The number of oxime groups is 1. The van der Waals surface area contributed by atoms with Crippen LogP contribution in [0.1, 0.15) is 38.4 Å². The number of aromatic nitrogens is 1. The summed E-state index contributed by atoms with van der Waals surface area (Å²) in [4.78, 5) is 31.7. The van der Waals surface area contributed by atoms with Crippen LogP contribution >= 0.6 is 11.8 Å². The molecule has 1 aliphatic rings. The van der Waals surface area contributed by atoms with Crippen LogP contribution in [0, 0.1) is 0 Å². The van der Waals surface area contributed by atoms with E-state index in [1.165, 1.54) is 17.8 Å². The molecular weight excluding hydrogens is 368 g/mol. The van der Waals surface area contributed by atoms with Crippen molar-refractivity contribution in [3.05, 3.63) is 40.8 Å². The van der Waals surface area contributed by atoms with E-state index >= 15 is 0 Å². The number of nitrogens with zero attached hydrogens (tertiary/aromatic N) is 2. The molecule has 0 aromatic carbocycles. The molecule has 2 heterocycles. The smallest absolute Gasteiger partial charge is 0.251 e. The van der Waals surface area contributed by atoms with E-state index in [0.717, 1.165) is 6.42 Å². The summed E-state index contributed by atoms with van der Waals surface area (Å²) in [7, 11) is 0. The molecule has 2 atom stereocenters. The number of thioether (sulfide) groups is 1. The Bertz CT molecular complexity index is 803. The summed E-state index contributed by atoms with van der Waals surface area (Å²) in [6, 6.07) is 2.15. The highest BCUT2D eigenvalue weighted by molar-refractivity contribution is 8.16. The number of H-pyrrole nitrogens is 1. The Kier molecular flexibility index (Phi) is 7.66. The van der Waals surface area contributed by atoms with Crippen molar-refractivity contribution in [3.63, 3.8) is 0 Å². The molecule has 0 bridgehead atoms. The zero-order valence-electron chi connectivity index (χ0n) is 15.4. The van der Waals surface area contributed by atoms with Crippen LogP contribution in [-0.2, 0) is 4.79 Å². The maximum atomic E-state index is 12.6. The lowest BCUT2D eigenvalue weighted by Crippen LogP contribution is -2.37. The Balaban J connectivity index is 2.17. The quantitative estimate of drug-likeness (QED) is 0.258. The second-order valence-electron chi connectivity index (χ2n) is 6.03. The third kappa shape index (κ3) is 5.72. The Morgan fingerprint density at radius 1 is 1.63 bits per heavy atom. The molecule has 1 aliphatic heterocycles. The average molecular weight is 392 g/mol. The molecule has 9 heteroatoms. The van der Waals surface area contributed by atoms with Gasteiger partial charge in [0.1, 0.15) is 29.2 Å². The zero-order valence-corrected chi connectivity index (χ0v) is 16.2. The number of carbonyl (C=O) groups is 1. The SMILES string of the molecule is C=CCOc1cc(C(CCC)NC(=O)C2CSC(/C(C)=N/O)=N2)[nH]c(=O)c1. The number of rotatable bonds is 9. The molecule has 1 aromatic heterocycles. The number of hydrogen-bond acceptors (Lipinski definition) is 7. The molecule has 146 valence electrons. The molecule has 0 saturated heterocycles. The molecule has 3 N–H and O–H groups in total. The van der Waals surface area contributed by atoms with E-state index in [1.807, 2.05) is 6.92 Å². The van der Waals surface area contributed by atoms with Gasteiger partial charge in [-0.1, -0.05) is 31.2 Å². The number of amides is 1. The molecule has 0 aliphatic carbocycles. The number of aromatic amines is 1. The van der Waals surface area contributed by atoms with Crippen molar-refractivity contribution in [3.8, 4) is 5.75 Å². The topological polar surface area (TPSA) is 116 Å². The monoisotopic (exact) mass is 392 g/mol. The van der Waals surface area contributed by atoms with Gasteiger partial charge in [-0.05, 0) is 13.3 Å². The molecule has 27 heavy (non-hydrogen) atoms.